The van der Waals surface area contributed by atoms with Gasteiger partial charge >= 0.3 is 0 Å². The summed E-state index contributed by atoms with van der Waals surface area (Å²) in [6.07, 6.45) is 1.07. The highest BCUT2D eigenvalue weighted by Gasteiger charge is 2.15. The maximum absolute atomic E-state index is 12.4. The third-order valence-electron chi connectivity index (χ3n) is 4.75. The predicted molar refractivity (Wildman–Crippen MR) is 121 cm³/mol. The quantitative estimate of drug-likeness (QED) is 0.570. The number of nitrogens with one attached hydrogen (secondary N) is 2. The van der Waals surface area contributed by atoms with Gasteiger partial charge in [-0.1, -0.05) is 25.1 Å². The van der Waals surface area contributed by atoms with Crippen LogP contribution in [-0.2, 0) is 16.0 Å². The molecule has 0 aliphatic heterocycles. The van der Waals surface area contributed by atoms with Crippen molar-refractivity contribution < 1.29 is 23.8 Å². The number of benzene rings is 2. The van der Waals surface area contributed by atoms with Crippen LogP contribution in [0.25, 0.3) is 0 Å². The zero-order valence-electron chi connectivity index (χ0n) is 18.8. The van der Waals surface area contributed by atoms with Crippen LogP contribution in [0.5, 0.6) is 17.2 Å². The molecule has 0 aliphatic carbocycles. The lowest BCUT2D eigenvalue weighted by molar-refractivity contribution is -0.119. The summed E-state index contributed by atoms with van der Waals surface area (Å²) < 4.78 is 15.9. The van der Waals surface area contributed by atoms with E-state index in [0.717, 1.165) is 17.7 Å². The summed E-state index contributed by atoms with van der Waals surface area (Å²) in [5, 5.41) is 5.76. The average molecular weight is 430 g/mol. The number of carbonyl (C=O) groups is 2. The first-order chi connectivity index (χ1) is 14.9. The Morgan fingerprint density at radius 3 is 2.16 bits per heavy atom. The minimum absolute atomic E-state index is 0.117. The van der Waals surface area contributed by atoms with E-state index in [4.69, 9.17) is 14.2 Å². The van der Waals surface area contributed by atoms with E-state index in [1.165, 1.54) is 21.3 Å². The molecule has 0 heterocycles. The lowest BCUT2D eigenvalue weighted by Gasteiger charge is -2.17. The number of hydrogen-bond acceptors (Lipinski definition) is 6. The molecule has 0 aliphatic rings. The Labute approximate surface area is 183 Å². The molecule has 0 atom stereocenters. The maximum Gasteiger partial charge on any atom is 0.238 e. The van der Waals surface area contributed by atoms with E-state index in [2.05, 4.69) is 10.6 Å². The molecule has 0 bridgehead atoms. The number of hydrogen-bond donors (Lipinski definition) is 2. The largest absolute Gasteiger partial charge is 0.493 e. The van der Waals surface area contributed by atoms with Crippen LogP contribution in [-0.4, -0.2) is 58.2 Å². The molecule has 0 unspecified atom stereocenters. The molecule has 0 aromatic heterocycles. The number of rotatable bonds is 11. The summed E-state index contributed by atoms with van der Waals surface area (Å²) >= 11 is 0. The molecular formula is C23H31N3O5. The molecule has 8 nitrogen and oxygen atoms in total. The Morgan fingerprint density at radius 2 is 1.58 bits per heavy atom. The monoisotopic (exact) mass is 429 g/mol. The molecule has 0 fully saturated rings. The second-order valence-corrected chi connectivity index (χ2v) is 7.01. The Morgan fingerprint density at radius 1 is 0.935 bits per heavy atom. The van der Waals surface area contributed by atoms with Crippen LogP contribution in [0.15, 0.2) is 36.4 Å². The van der Waals surface area contributed by atoms with Crippen LogP contribution in [0.4, 0.5) is 11.4 Å². The fraction of sp³-hybridized carbons (Fsp3) is 0.391. The number of likely N-dealkylation sites (N-methyl/N-ethyl adjacent to an activating group) is 1. The highest BCUT2D eigenvalue weighted by molar-refractivity contribution is 5.93. The molecule has 0 radical (unpaired) electrons. The van der Waals surface area contributed by atoms with Crippen LogP contribution in [0, 0.1) is 0 Å². The first-order valence-corrected chi connectivity index (χ1v) is 10.1. The van der Waals surface area contributed by atoms with Crippen molar-refractivity contribution >= 4 is 23.2 Å². The minimum Gasteiger partial charge on any atom is -0.493 e. The highest BCUT2D eigenvalue weighted by atomic mass is 16.5. The van der Waals surface area contributed by atoms with E-state index in [1.54, 1.807) is 24.1 Å². The van der Waals surface area contributed by atoms with E-state index >= 15 is 0 Å². The molecule has 2 aromatic rings. The first-order valence-electron chi connectivity index (χ1n) is 10.1. The zero-order chi connectivity index (χ0) is 22.8. The van der Waals surface area contributed by atoms with Gasteiger partial charge in [-0.2, -0.15) is 0 Å². The molecule has 2 N–H and O–H groups in total. The Hall–Kier alpha value is -3.26. The standard InChI is InChI=1S/C23H31N3O5/c1-6-16-9-7-8-10-18(16)25-22(28)15-26(2)12-11-21(27)24-17-13-19(29-3)23(31-5)20(14-17)30-4/h7-10,13-14H,6,11-12,15H2,1-5H3,(H,24,27)(H,25,28). The number of carbonyl (C=O) groups excluding carboxylic acids is 2. The van der Waals surface area contributed by atoms with E-state index in [0.29, 0.717) is 29.5 Å². The molecule has 168 valence electrons. The van der Waals surface area contributed by atoms with Crippen molar-refractivity contribution in [1.29, 1.82) is 0 Å². The number of ether oxygens (including phenoxy) is 3. The minimum atomic E-state index is -0.183. The Bertz CT molecular complexity index is 876. The van der Waals surface area contributed by atoms with E-state index in [9.17, 15) is 9.59 Å². The van der Waals surface area contributed by atoms with Gasteiger partial charge < -0.3 is 24.8 Å². The van der Waals surface area contributed by atoms with Gasteiger partial charge in [0, 0.05) is 36.5 Å². The smallest absolute Gasteiger partial charge is 0.238 e. The Kier molecular flexibility index (Phi) is 9.14. The summed E-state index contributed by atoms with van der Waals surface area (Å²) in [5.74, 6) is 1.07. The second-order valence-electron chi connectivity index (χ2n) is 7.01. The third kappa shape index (κ3) is 6.89. The molecule has 2 rings (SSSR count). The molecule has 0 saturated heterocycles. The highest BCUT2D eigenvalue weighted by Crippen LogP contribution is 2.39. The van der Waals surface area contributed by atoms with Crippen molar-refractivity contribution in [2.24, 2.45) is 0 Å². The van der Waals surface area contributed by atoms with Crippen molar-refractivity contribution in [2.45, 2.75) is 19.8 Å². The van der Waals surface area contributed by atoms with Crippen LogP contribution < -0.4 is 24.8 Å². The summed E-state index contributed by atoms with van der Waals surface area (Å²) in [6.45, 7) is 2.67. The van der Waals surface area contributed by atoms with Gasteiger partial charge in [-0.3, -0.25) is 14.5 Å². The number of methoxy groups -OCH3 is 3. The van der Waals surface area contributed by atoms with Gasteiger partial charge in [0.1, 0.15) is 0 Å². The first kappa shape index (κ1) is 24.0. The van der Waals surface area contributed by atoms with Crippen molar-refractivity contribution in [3.63, 3.8) is 0 Å². The number of nitrogens with zero attached hydrogens (tertiary/aromatic N) is 1. The lowest BCUT2D eigenvalue weighted by Crippen LogP contribution is -2.32. The van der Waals surface area contributed by atoms with E-state index in [-0.39, 0.29) is 24.8 Å². The number of aryl methyl sites for hydroxylation is 1. The molecule has 8 heteroatoms. The summed E-state index contributed by atoms with van der Waals surface area (Å²) in [7, 11) is 6.35. The zero-order valence-corrected chi connectivity index (χ0v) is 18.8. The van der Waals surface area contributed by atoms with Crippen molar-refractivity contribution in [1.82, 2.24) is 4.90 Å². The fourth-order valence-electron chi connectivity index (χ4n) is 3.13. The van der Waals surface area contributed by atoms with E-state index < -0.39 is 0 Å². The van der Waals surface area contributed by atoms with Gasteiger partial charge in [-0.05, 0) is 25.1 Å². The van der Waals surface area contributed by atoms with Crippen molar-refractivity contribution in [3.05, 3.63) is 42.0 Å². The number of para-hydroxylation sites is 1. The van der Waals surface area contributed by atoms with Crippen LogP contribution in [0.1, 0.15) is 18.9 Å². The molecule has 2 aromatic carbocycles. The number of anilines is 2. The molecule has 0 spiro atoms. The molecule has 31 heavy (non-hydrogen) atoms. The predicted octanol–water partition coefficient (Wildman–Crippen LogP) is 3.17. The summed E-state index contributed by atoms with van der Waals surface area (Å²) in [4.78, 5) is 26.5. The van der Waals surface area contributed by atoms with E-state index in [1.807, 2.05) is 31.2 Å². The Balaban J connectivity index is 1.87. The third-order valence-corrected chi connectivity index (χ3v) is 4.75. The van der Waals surface area contributed by atoms with Gasteiger partial charge in [0.2, 0.25) is 17.6 Å². The second kappa shape index (κ2) is 11.8. The van der Waals surface area contributed by atoms with Gasteiger partial charge in [0.25, 0.3) is 0 Å². The van der Waals surface area contributed by atoms with Crippen LogP contribution in [0.2, 0.25) is 0 Å². The summed E-state index contributed by atoms with van der Waals surface area (Å²) in [6, 6.07) is 11.1. The van der Waals surface area contributed by atoms with Crippen LogP contribution in [0.3, 0.4) is 0 Å². The molecular weight excluding hydrogens is 398 g/mol. The van der Waals surface area contributed by atoms with Gasteiger partial charge in [-0.25, -0.2) is 0 Å². The maximum atomic E-state index is 12.4. The average Bonchev–Trinajstić information content (AvgIpc) is 2.77. The lowest BCUT2D eigenvalue weighted by atomic mass is 10.1. The van der Waals surface area contributed by atoms with Crippen LogP contribution >= 0.6 is 0 Å². The number of amides is 2. The molecule has 2 amide bonds. The van der Waals surface area contributed by atoms with Crippen molar-refractivity contribution in [2.75, 3.05) is 52.1 Å². The molecule has 0 saturated carbocycles. The van der Waals surface area contributed by atoms with Gasteiger partial charge in [-0.15, -0.1) is 0 Å². The van der Waals surface area contributed by atoms with Crippen molar-refractivity contribution in [3.8, 4) is 17.2 Å². The van der Waals surface area contributed by atoms with Gasteiger partial charge in [0.15, 0.2) is 11.5 Å². The fourth-order valence-corrected chi connectivity index (χ4v) is 3.13. The SMILES string of the molecule is CCc1ccccc1NC(=O)CN(C)CCC(=O)Nc1cc(OC)c(OC)c(OC)c1. The normalized spacial score (nSPS) is 10.5. The summed E-state index contributed by atoms with van der Waals surface area (Å²) in [5.41, 5.74) is 2.45. The van der Waals surface area contributed by atoms with Gasteiger partial charge in [0.05, 0.1) is 27.9 Å². The topological polar surface area (TPSA) is 89.1 Å².